The molecule has 2 atom stereocenters. The lowest BCUT2D eigenvalue weighted by molar-refractivity contribution is -0.426. The van der Waals surface area contributed by atoms with E-state index in [2.05, 4.69) is 12.7 Å². The van der Waals surface area contributed by atoms with Crippen LogP contribution in [0.25, 0.3) is 0 Å². The Morgan fingerprint density at radius 1 is 0.839 bits per heavy atom. The second-order valence-electron chi connectivity index (χ2n) is 7.97. The Morgan fingerprint density at radius 2 is 1.35 bits per heavy atom. The number of quaternary nitrogens is 1. The van der Waals surface area contributed by atoms with Gasteiger partial charge >= 0.3 is 11.9 Å². The third-order valence-electron chi connectivity index (χ3n) is 5.33. The summed E-state index contributed by atoms with van der Waals surface area (Å²) >= 11 is 0. The van der Waals surface area contributed by atoms with Crippen LogP contribution in [0.3, 0.4) is 0 Å². The van der Waals surface area contributed by atoms with E-state index in [1.807, 2.05) is 30.3 Å². The van der Waals surface area contributed by atoms with Crippen molar-refractivity contribution in [2.75, 3.05) is 6.61 Å². The van der Waals surface area contributed by atoms with Gasteiger partial charge in [-0.25, -0.2) is 4.79 Å². The van der Waals surface area contributed by atoms with Gasteiger partial charge < -0.3 is 27.6 Å². The van der Waals surface area contributed by atoms with E-state index in [1.54, 1.807) is 6.92 Å². The fourth-order valence-corrected chi connectivity index (χ4v) is 3.53. The number of hydrogen-bond acceptors (Lipinski definition) is 4. The number of unbranched alkanes of at least 4 members (excludes halogenated alkanes) is 10. The minimum Gasteiger partial charge on any atom is -1.00 e. The number of carbonyl (C=O) groups is 2. The molecule has 0 amide bonds. The fraction of sp³-hybridized carbons (Fsp3) is 0.680. The Bertz CT molecular complexity index is 582. The van der Waals surface area contributed by atoms with E-state index in [9.17, 15) is 9.59 Å². The lowest BCUT2D eigenvalue weighted by atomic mass is 10.0. The highest BCUT2D eigenvalue weighted by atomic mass is 35.5. The molecule has 0 aliphatic heterocycles. The number of rotatable bonds is 17. The maximum absolute atomic E-state index is 12.4. The minimum absolute atomic E-state index is 0. The van der Waals surface area contributed by atoms with E-state index in [-0.39, 0.29) is 25.0 Å². The summed E-state index contributed by atoms with van der Waals surface area (Å²) in [6.07, 6.45) is 13.2. The molecule has 0 aliphatic rings. The normalized spacial score (nSPS) is 12.5. The highest BCUT2D eigenvalue weighted by Crippen LogP contribution is 2.22. The fourth-order valence-electron chi connectivity index (χ4n) is 3.53. The second kappa shape index (κ2) is 19.1. The highest BCUT2D eigenvalue weighted by Gasteiger charge is 2.34. The van der Waals surface area contributed by atoms with Crippen molar-refractivity contribution in [1.82, 2.24) is 0 Å². The zero-order valence-electron chi connectivity index (χ0n) is 19.5. The number of ether oxygens (including phenoxy) is 2. The molecule has 0 fully saturated rings. The first-order chi connectivity index (χ1) is 14.6. The smallest absolute Gasteiger partial charge is 0.369 e. The van der Waals surface area contributed by atoms with Crippen LogP contribution in [-0.2, 0) is 19.1 Å². The molecule has 31 heavy (non-hydrogen) atoms. The Balaban J connectivity index is 0.00000900. The van der Waals surface area contributed by atoms with Gasteiger partial charge in [0.1, 0.15) is 0 Å². The van der Waals surface area contributed by atoms with E-state index < -0.39 is 18.1 Å². The molecule has 178 valence electrons. The lowest BCUT2D eigenvalue weighted by Crippen LogP contribution is -3.00. The lowest BCUT2D eigenvalue weighted by Gasteiger charge is -2.21. The van der Waals surface area contributed by atoms with Crippen LogP contribution in [0, 0.1) is 0 Å². The van der Waals surface area contributed by atoms with Crippen molar-refractivity contribution in [3.63, 3.8) is 0 Å². The molecule has 0 bridgehead atoms. The van der Waals surface area contributed by atoms with Gasteiger partial charge in [-0.15, -0.1) is 0 Å². The quantitative estimate of drug-likeness (QED) is 0.288. The van der Waals surface area contributed by atoms with Crippen LogP contribution in [0.2, 0.25) is 0 Å². The monoisotopic (exact) mass is 455 g/mol. The van der Waals surface area contributed by atoms with Crippen LogP contribution in [-0.4, -0.2) is 24.6 Å². The summed E-state index contributed by atoms with van der Waals surface area (Å²) in [7, 11) is 0. The summed E-state index contributed by atoms with van der Waals surface area (Å²) in [6, 6.07) is 8.51. The van der Waals surface area contributed by atoms with Crippen molar-refractivity contribution < 1.29 is 37.2 Å². The number of hydrogen-bond donors (Lipinski definition) is 1. The van der Waals surface area contributed by atoms with Gasteiger partial charge in [0, 0.05) is 6.42 Å². The van der Waals surface area contributed by atoms with E-state index in [0.29, 0.717) is 6.42 Å². The Hall–Kier alpha value is -1.59. The van der Waals surface area contributed by atoms with E-state index >= 15 is 0 Å². The Kier molecular flexibility index (Phi) is 18.1. The van der Waals surface area contributed by atoms with Crippen LogP contribution < -0.4 is 18.1 Å². The summed E-state index contributed by atoms with van der Waals surface area (Å²) in [5.74, 6) is -0.730. The van der Waals surface area contributed by atoms with E-state index in [4.69, 9.17) is 9.47 Å². The maximum atomic E-state index is 12.4. The molecule has 1 aromatic carbocycles. The van der Waals surface area contributed by atoms with Gasteiger partial charge in [-0.3, -0.25) is 4.79 Å². The summed E-state index contributed by atoms with van der Waals surface area (Å²) in [6.45, 7) is 4.27. The summed E-state index contributed by atoms with van der Waals surface area (Å²) < 4.78 is 10.7. The first-order valence-corrected chi connectivity index (χ1v) is 11.8. The van der Waals surface area contributed by atoms with Gasteiger partial charge in [0.15, 0.2) is 6.10 Å². The molecule has 1 rings (SSSR count). The zero-order chi connectivity index (χ0) is 22.0. The predicted molar refractivity (Wildman–Crippen MR) is 120 cm³/mol. The third-order valence-corrected chi connectivity index (χ3v) is 5.33. The molecule has 3 N–H and O–H groups in total. The largest absolute Gasteiger partial charge is 1.00 e. The predicted octanol–water partition coefficient (Wildman–Crippen LogP) is 2.15. The SMILES string of the molecule is CCCCCCCCCCCCCC(=O)O[C@@H](c1ccccc1)[C@@H]([NH3+])C(=O)OCC.[Cl-]. The molecule has 0 spiro atoms. The van der Waals surface area contributed by atoms with Gasteiger partial charge in [0.25, 0.3) is 0 Å². The van der Waals surface area contributed by atoms with Crippen LogP contribution in [0.1, 0.15) is 103 Å². The maximum Gasteiger partial charge on any atom is 0.369 e. The van der Waals surface area contributed by atoms with E-state index in [0.717, 1.165) is 24.8 Å². The molecule has 6 heteroatoms. The molecule has 0 radical (unpaired) electrons. The van der Waals surface area contributed by atoms with Crippen LogP contribution in [0.15, 0.2) is 30.3 Å². The van der Waals surface area contributed by atoms with Gasteiger partial charge in [-0.1, -0.05) is 101 Å². The van der Waals surface area contributed by atoms with Crippen molar-refractivity contribution in [2.24, 2.45) is 0 Å². The number of benzene rings is 1. The van der Waals surface area contributed by atoms with Crippen molar-refractivity contribution in [1.29, 1.82) is 0 Å². The number of esters is 2. The molecule has 0 aliphatic carbocycles. The molecule has 0 saturated heterocycles. The average Bonchev–Trinajstić information content (AvgIpc) is 2.76. The molecule has 0 aromatic heterocycles. The van der Waals surface area contributed by atoms with Gasteiger partial charge in [-0.2, -0.15) is 0 Å². The van der Waals surface area contributed by atoms with Crippen LogP contribution in [0.5, 0.6) is 0 Å². The topological polar surface area (TPSA) is 80.2 Å². The summed E-state index contributed by atoms with van der Waals surface area (Å²) in [5.41, 5.74) is 4.66. The van der Waals surface area contributed by atoms with Gasteiger partial charge in [-0.05, 0) is 18.9 Å². The molecule has 5 nitrogen and oxygen atoms in total. The van der Waals surface area contributed by atoms with Crippen molar-refractivity contribution in [3.05, 3.63) is 35.9 Å². The summed E-state index contributed by atoms with van der Waals surface area (Å²) in [5, 5.41) is 0. The van der Waals surface area contributed by atoms with E-state index in [1.165, 1.54) is 51.4 Å². The summed E-state index contributed by atoms with van der Waals surface area (Å²) in [4.78, 5) is 24.5. The number of halogens is 1. The number of carbonyl (C=O) groups excluding carboxylic acids is 2. The minimum atomic E-state index is -0.784. The molecule has 0 unspecified atom stereocenters. The van der Waals surface area contributed by atoms with Crippen LogP contribution in [0.4, 0.5) is 0 Å². The third kappa shape index (κ3) is 13.4. The van der Waals surface area contributed by atoms with Crippen molar-refractivity contribution >= 4 is 11.9 Å². The standard InChI is InChI=1S/C25H41NO4.ClH/c1-3-5-6-7-8-9-10-11-12-13-17-20-22(27)30-24(21-18-15-14-16-19-21)23(26)25(28)29-4-2;/h14-16,18-19,23-24H,3-13,17,20,26H2,1-2H3;1H/t23-,24+;/m1./s1. The molecule has 0 saturated carbocycles. The van der Waals surface area contributed by atoms with Crippen molar-refractivity contribution in [2.45, 2.75) is 103 Å². The highest BCUT2D eigenvalue weighted by molar-refractivity contribution is 5.76. The first-order valence-electron chi connectivity index (χ1n) is 11.8. The van der Waals surface area contributed by atoms with Crippen molar-refractivity contribution in [3.8, 4) is 0 Å². The molecule has 0 heterocycles. The first kappa shape index (κ1) is 29.4. The Labute approximate surface area is 194 Å². The molecule has 1 aromatic rings. The Morgan fingerprint density at radius 3 is 1.87 bits per heavy atom. The molecular weight excluding hydrogens is 414 g/mol. The molecular formula is C25H42ClNO4. The van der Waals surface area contributed by atoms with Crippen LogP contribution >= 0.6 is 0 Å². The van der Waals surface area contributed by atoms with Gasteiger partial charge in [0.2, 0.25) is 6.04 Å². The van der Waals surface area contributed by atoms with Gasteiger partial charge in [0.05, 0.1) is 6.61 Å². The second-order valence-corrected chi connectivity index (χ2v) is 7.97. The average molecular weight is 456 g/mol. The zero-order valence-corrected chi connectivity index (χ0v) is 20.2.